The maximum atomic E-state index is 13.1. The van der Waals surface area contributed by atoms with Gasteiger partial charge in [0.2, 0.25) is 22.1 Å². The molecule has 0 aliphatic rings. The molecule has 14 heteroatoms. The first-order valence-electron chi connectivity index (χ1n) is 16.6. The Hall–Kier alpha value is -4.65. The Labute approximate surface area is 380 Å². The summed E-state index contributed by atoms with van der Waals surface area (Å²) in [6, 6.07) is 42.1. The van der Waals surface area contributed by atoms with Crippen molar-refractivity contribution >= 4 is 92.9 Å². The molecule has 1 unspecified atom stereocenters. The molecule has 2 heterocycles. The normalized spacial score (nSPS) is 11.3. The Kier molecular flexibility index (Phi) is 16.7. The van der Waals surface area contributed by atoms with Gasteiger partial charge in [-0.3, -0.25) is 4.57 Å². The first-order valence-corrected chi connectivity index (χ1v) is 18.1. The van der Waals surface area contributed by atoms with Gasteiger partial charge >= 0.3 is 49.3 Å². The molecule has 58 heavy (non-hydrogen) atoms. The first-order chi connectivity index (χ1) is 26.0. The fourth-order valence-corrected chi connectivity index (χ4v) is 6.82. The second-order valence-electron chi connectivity index (χ2n) is 12.2. The first kappa shape index (κ1) is 47.7. The van der Waals surface area contributed by atoms with Crippen molar-refractivity contribution in [3.63, 3.8) is 0 Å². The quantitative estimate of drug-likeness (QED) is 0.0618. The average Bonchev–Trinajstić information content (AvgIpc) is 3.17. The van der Waals surface area contributed by atoms with E-state index in [0.29, 0.717) is 16.9 Å². The molecule has 0 saturated heterocycles. The Morgan fingerprint density at radius 2 is 0.810 bits per heavy atom. The van der Waals surface area contributed by atoms with Gasteiger partial charge in [-0.15, -0.1) is 0 Å². The van der Waals surface area contributed by atoms with E-state index in [2.05, 4.69) is 9.09 Å². The van der Waals surface area contributed by atoms with Crippen molar-refractivity contribution in [2.45, 2.75) is 14.9 Å². The zero-order valence-corrected chi connectivity index (χ0v) is 35.8. The summed E-state index contributed by atoms with van der Waals surface area (Å²) in [5.74, 6) is -0.315. The van der Waals surface area contributed by atoms with Crippen LogP contribution in [0.4, 0.5) is 0 Å². The van der Waals surface area contributed by atoms with Crippen LogP contribution < -0.4 is 57.6 Å². The summed E-state index contributed by atoms with van der Waals surface area (Å²) in [5, 5.41) is 12.6. The maximum Gasteiger partial charge on any atom is 1.00 e. The van der Waals surface area contributed by atoms with Crippen molar-refractivity contribution in [2.75, 3.05) is 0 Å². The number of hydrogen-bond acceptors (Lipinski definition) is 8. The van der Waals surface area contributed by atoms with Gasteiger partial charge in [-0.05, 0) is 72.8 Å². The number of aromatic nitrogens is 2. The number of aryl methyl sites for hydroxylation is 2. The molecule has 11 nitrogen and oxygen atoms in total. The molecule has 8 aromatic rings. The van der Waals surface area contributed by atoms with Gasteiger partial charge in [0.1, 0.15) is 37.1 Å². The molecule has 285 valence electrons. The van der Waals surface area contributed by atoms with E-state index < -0.39 is 19.8 Å². The Morgan fingerprint density at radius 1 is 0.534 bits per heavy atom. The van der Waals surface area contributed by atoms with Crippen molar-refractivity contribution < 1.29 is 81.7 Å². The van der Waals surface area contributed by atoms with Gasteiger partial charge in [-0.25, -0.2) is 9.59 Å². The standard InChI is InChI=1S/C21H16NO6P.C21H15NO3.2CH4.2Na/c1-22-18-8-4-2-6-16(18)20(17-7-3-5-9-19(17)22)21(23)27-14-10-12-15(13-11-14)28-29(24,25)26;1-22-18-8-4-2-6-16(18)20(17-7-3-5-9-19(17)22)21(24)25-15-12-10-14(23)11-13-15;;;;/h2-13H,1H3,(H-,24,25,26);2-13H,1H3;2*1H4;;/q;;;;;+1/p+1. The number of carbonyl (C=O) groups excluding carboxylic acids is 2. The van der Waals surface area contributed by atoms with E-state index in [-0.39, 0.29) is 91.2 Å². The van der Waals surface area contributed by atoms with E-state index in [1.807, 2.05) is 116 Å². The smallest absolute Gasteiger partial charge is 0.746 e. The fraction of sp³-hybridized carbons (Fsp3) is 0.0909. The molecule has 6 aromatic carbocycles. The molecule has 0 fully saturated rings. The van der Waals surface area contributed by atoms with Crippen LogP contribution in [0.2, 0.25) is 0 Å². The van der Waals surface area contributed by atoms with Crippen molar-refractivity contribution in [3.8, 4) is 23.0 Å². The van der Waals surface area contributed by atoms with Gasteiger partial charge in [-0.2, -0.15) is 9.13 Å². The predicted octanol–water partition coefficient (Wildman–Crippen LogP) is 4.51. The Balaban J connectivity index is 0.000000293. The largest absolute Gasteiger partial charge is 1.00 e. The van der Waals surface area contributed by atoms with Crippen molar-refractivity contribution in [3.05, 3.63) is 157 Å². The van der Waals surface area contributed by atoms with Gasteiger partial charge in [0.15, 0.2) is 0 Å². The Bertz CT molecular complexity index is 2660. The number of phosphoric acid groups is 1. The zero-order chi connectivity index (χ0) is 38.0. The summed E-state index contributed by atoms with van der Waals surface area (Å²) in [6.45, 7) is 0. The number of fused-ring (bicyclic) bond motifs is 4. The molecular formula is C44H40N2Na2O9P+2. The zero-order valence-electron chi connectivity index (χ0n) is 31.0. The number of nitrogens with zero attached hydrogens (tertiary/aromatic N) is 2. The van der Waals surface area contributed by atoms with Crippen LogP contribution >= 0.6 is 7.82 Å². The van der Waals surface area contributed by atoms with Crippen LogP contribution in [0.5, 0.6) is 23.0 Å². The number of rotatable bonds is 6. The van der Waals surface area contributed by atoms with Crippen LogP contribution in [-0.4, -0.2) is 51.5 Å². The molecule has 0 saturated carbocycles. The number of carbonyl (C=O) groups is 2. The molecule has 2 N–H and O–H groups in total. The van der Waals surface area contributed by atoms with Crippen molar-refractivity contribution in [1.82, 2.24) is 0 Å². The predicted molar refractivity (Wildman–Crippen MR) is 219 cm³/mol. The summed E-state index contributed by atoms with van der Waals surface area (Å²) in [5.41, 5.74) is 4.66. The van der Waals surface area contributed by atoms with E-state index in [9.17, 15) is 24.2 Å². The number of para-hydroxylation sites is 4. The third-order valence-electron chi connectivity index (χ3n) is 8.85. The fourth-order valence-electron chi connectivity index (χ4n) is 6.43. The van der Waals surface area contributed by atoms with E-state index in [4.69, 9.17) is 14.4 Å². The van der Waals surface area contributed by atoms with Crippen LogP contribution in [0.25, 0.3) is 43.6 Å². The number of phenols is 1. The maximum absolute atomic E-state index is 13.1. The number of hydrogen-bond donors (Lipinski definition) is 2. The van der Waals surface area contributed by atoms with Crippen LogP contribution in [0, 0.1) is 0 Å². The van der Waals surface area contributed by atoms with E-state index in [0.717, 1.165) is 43.6 Å². The van der Waals surface area contributed by atoms with Gasteiger partial charge in [0.05, 0.1) is 32.7 Å². The third kappa shape index (κ3) is 10.3. The number of aromatic hydroxyl groups is 1. The number of phenolic OH excluding ortho intramolecular Hbond substituents is 1. The molecule has 0 amide bonds. The van der Waals surface area contributed by atoms with Gasteiger partial charge in [0.25, 0.3) is 0 Å². The summed E-state index contributed by atoms with van der Waals surface area (Å²) in [6.07, 6.45) is 0. The summed E-state index contributed by atoms with van der Waals surface area (Å²) < 4.78 is 30.4. The molecule has 1 radical (unpaired) electrons. The van der Waals surface area contributed by atoms with Crippen LogP contribution in [0.3, 0.4) is 0 Å². The minimum Gasteiger partial charge on any atom is -0.746 e. The number of ether oxygens (including phenoxy) is 2. The van der Waals surface area contributed by atoms with E-state index in [1.54, 1.807) is 12.1 Å². The number of phosphoric ester groups is 1. The number of benzene rings is 6. The summed E-state index contributed by atoms with van der Waals surface area (Å²) in [7, 11) is -0.973. The molecule has 8 rings (SSSR count). The van der Waals surface area contributed by atoms with E-state index in [1.165, 1.54) is 36.4 Å². The molecule has 0 bridgehead atoms. The van der Waals surface area contributed by atoms with E-state index >= 15 is 0 Å². The summed E-state index contributed by atoms with van der Waals surface area (Å²) in [4.78, 5) is 45.6. The molecular weight excluding hydrogens is 777 g/mol. The molecule has 0 aliphatic carbocycles. The topological polar surface area (TPSA) is 150 Å². The molecule has 1 atom stereocenters. The molecule has 0 spiro atoms. The minimum absolute atomic E-state index is 0. The number of pyridine rings is 2. The molecule has 2 aromatic heterocycles. The average molecular weight is 818 g/mol. The van der Waals surface area contributed by atoms with Gasteiger partial charge in [0, 0.05) is 53.8 Å². The van der Waals surface area contributed by atoms with Gasteiger partial charge in [-0.1, -0.05) is 63.4 Å². The van der Waals surface area contributed by atoms with Crippen LogP contribution in [0.1, 0.15) is 35.6 Å². The van der Waals surface area contributed by atoms with Crippen molar-refractivity contribution in [1.29, 1.82) is 0 Å². The van der Waals surface area contributed by atoms with Crippen LogP contribution in [0.15, 0.2) is 146 Å². The third-order valence-corrected chi connectivity index (χ3v) is 9.29. The molecule has 0 aliphatic heterocycles. The van der Waals surface area contributed by atoms with Crippen LogP contribution in [-0.2, 0) is 18.7 Å². The second kappa shape index (κ2) is 20.4. The summed E-state index contributed by atoms with van der Waals surface area (Å²) >= 11 is 0. The monoisotopic (exact) mass is 817 g/mol. The SMILES string of the molecule is C.C.C[n+]1c2ccccc2c(C(=O)Oc2ccc(O)cc2)c2ccccc21.C[n+]1c2ccccc2c(C(=O)Oc2ccc(OP(=O)([O-])O)cc2)c2ccccc21.[Na+].[Na]. The Morgan fingerprint density at radius 3 is 1.12 bits per heavy atom. The minimum atomic E-state index is -4.90. The van der Waals surface area contributed by atoms with Crippen molar-refractivity contribution in [2.24, 2.45) is 14.1 Å². The van der Waals surface area contributed by atoms with Gasteiger partial charge < -0.3 is 28.9 Å². The second-order valence-corrected chi connectivity index (χ2v) is 13.4. The number of esters is 2.